The van der Waals surface area contributed by atoms with Crippen molar-refractivity contribution in [3.8, 4) is 0 Å². The first kappa shape index (κ1) is 33.3. The summed E-state index contributed by atoms with van der Waals surface area (Å²) in [4.78, 5) is 45.1. The predicted octanol–water partition coefficient (Wildman–Crippen LogP) is 5.75. The van der Waals surface area contributed by atoms with Gasteiger partial charge in [0.25, 0.3) is 0 Å². The van der Waals surface area contributed by atoms with E-state index < -0.39 is 18.2 Å². The van der Waals surface area contributed by atoms with Crippen LogP contribution in [0, 0.1) is 28.6 Å². The minimum absolute atomic E-state index is 0.0691. The molecular weight excluding hydrogens is 592 g/mol. The number of Topliss-reactive ketones (excluding diaryl/α,β-unsaturated/α-hetero) is 1. The van der Waals surface area contributed by atoms with Gasteiger partial charge in [-0.1, -0.05) is 77.1 Å². The molecule has 2 heterocycles. The minimum atomic E-state index is -0.814. The molecule has 2 saturated carbocycles. The Morgan fingerprint density at radius 3 is 2.40 bits per heavy atom. The van der Waals surface area contributed by atoms with E-state index in [2.05, 4.69) is 50.2 Å². The van der Waals surface area contributed by atoms with Crippen molar-refractivity contribution in [1.82, 2.24) is 14.9 Å². The van der Waals surface area contributed by atoms with Crippen molar-refractivity contribution in [2.75, 3.05) is 18.5 Å². The Morgan fingerprint density at radius 1 is 1.04 bits per heavy atom. The summed E-state index contributed by atoms with van der Waals surface area (Å²) in [5.41, 5.74) is 1.77. The van der Waals surface area contributed by atoms with E-state index in [0.717, 1.165) is 29.3 Å². The first-order chi connectivity index (χ1) is 22.4. The zero-order chi connectivity index (χ0) is 33.3. The van der Waals surface area contributed by atoms with Crippen LogP contribution >= 0.6 is 0 Å². The molecule has 5 unspecified atom stereocenters. The van der Waals surface area contributed by atoms with Crippen LogP contribution in [0.25, 0.3) is 10.9 Å². The van der Waals surface area contributed by atoms with Gasteiger partial charge in [0.05, 0.1) is 18.7 Å². The summed E-state index contributed by atoms with van der Waals surface area (Å²) < 4.78 is 13.4. The second-order valence-electron chi connectivity index (χ2n) is 15.5. The summed E-state index contributed by atoms with van der Waals surface area (Å²) in [5, 5.41) is 7.22. The molecule has 0 bridgehead atoms. The second kappa shape index (κ2) is 13.5. The third-order valence-corrected chi connectivity index (χ3v) is 10.7. The number of ether oxygens (including phenoxy) is 2. The van der Waals surface area contributed by atoms with E-state index in [9.17, 15) is 14.4 Å². The van der Waals surface area contributed by atoms with Gasteiger partial charge >= 0.3 is 5.69 Å². The summed E-state index contributed by atoms with van der Waals surface area (Å²) >= 11 is 0. The van der Waals surface area contributed by atoms with Crippen molar-refractivity contribution < 1.29 is 19.1 Å². The fraction of sp³-hybridized carbons (Fsp3) is 0.579. The van der Waals surface area contributed by atoms with Gasteiger partial charge in [0.2, 0.25) is 5.91 Å². The number of nitrogens with one attached hydrogen (secondary N) is 2. The fourth-order valence-corrected chi connectivity index (χ4v) is 8.09. The Hall–Kier alpha value is -3.56. The fourth-order valence-electron chi connectivity index (χ4n) is 8.09. The molecule has 0 radical (unpaired) electrons. The molecule has 2 N–H and O–H groups in total. The highest BCUT2D eigenvalue weighted by molar-refractivity contribution is 5.95. The van der Waals surface area contributed by atoms with Crippen molar-refractivity contribution in [2.45, 2.75) is 98.1 Å². The first-order valence-corrected chi connectivity index (χ1v) is 17.3. The van der Waals surface area contributed by atoms with Crippen molar-refractivity contribution >= 4 is 28.4 Å². The number of nitrogens with zero attached hydrogens (tertiary/aromatic N) is 2. The maximum absolute atomic E-state index is 14.2. The van der Waals surface area contributed by atoms with E-state index in [0.29, 0.717) is 48.6 Å². The molecule has 47 heavy (non-hydrogen) atoms. The number of carbonyl (C=O) groups excluding carboxylic acids is 2. The molecule has 5 atom stereocenters. The Kier molecular flexibility index (Phi) is 9.59. The topological polar surface area (TPSA) is 112 Å². The van der Waals surface area contributed by atoms with Crippen LogP contribution in [0.15, 0.2) is 59.4 Å². The highest BCUT2D eigenvalue weighted by Crippen LogP contribution is 2.63. The normalized spacial score (nSPS) is 26.0. The average molecular weight is 643 g/mol. The molecule has 1 saturated heterocycles. The number of fused-ring (bicyclic) bond motifs is 1. The number of carbonyl (C=O) groups is 2. The van der Waals surface area contributed by atoms with E-state index in [-0.39, 0.29) is 36.0 Å². The summed E-state index contributed by atoms with van der Waals surface area (Å²) in [6.07, 6.45) is 4.69. The smallest absolute Gasteiger partial charge is 0.350 e. The van der Waals surface area contributed by atoms with Crippen molar-refractivity contribution in [3.63, 3.8) is 0 Å². The lowest BCUT2D eigenvalue weighted by Gasteiger charge is -2.41. The summed E-state index contributed by atoms with van der Waals surface area (Å²) in [6, 6.07) is 16.0. The lowest BCUT2D eigenvalue weighted by Crippen LogP contribution is -2.52. The van der Waals surface area contributed by atoms with Gasteiger partial charge in [-0.2, -0.15) is 4.98 Å². The molecule has 6 rings (SSSR count). The lowest BCUT2D eigenvalue weighted by molar-refractivity contribution is -0.127. The van der Waals surface area contributed by atoms with E-state index in [1.54, 1.807) is 4.57 Å². The van der Waals surface area contributed by atoms with Gasteiger partial charge in [-0.3, -0.25) is 14.2 Å². The maximum Gasteiger partial charge on any atom is 0.350 e. The second-order valence-corrected chi connectivity index (χ2v) is 15.5. The molecule has 1 spiro atoms. The maximum atomic E-state index is 14.2. The Bertz CT molecular complexity index is 1630. The van der Waals surface area contributed by atoms with Crippen LogP contribution in [-0.2, 0) is 32.2 Å². The van der Waals surface area contributed by atoms with Crippen LogP contribution in [-0.4, -0.2) is 52.6 Å². The van der Waals surface area contributed by atoms with E-state index in [1.165, 1.54) is 12.8 Å². The van der Waals surface area contributed by atoms with E-state index >= 15 is 0 Å². The predicted molar refractivity (Wildman–Crippen MR) is 183 cm³/mol. The number of benzene rings is 2. The number of para-hydroxylation sites is 1. The largest absolute Gasteiger partial charge is 0.374 e. The van der Waals surface area contributed by atoms with Crippen molar-refractivity contribution in [3.05, 3.63) is 70.6 Å². The average Bonchev–Trinajstić information content (AvgIpc) is 3.77. The van der Waals surface area contributed by atoms with E-state index in [1.807, 2.05) is 54.6 Å². The van der Waals surface area contributed by atoms with Gasteiger partial charge in [-0.15, -0.1) is 0 Å². The monoisotopic (exact) mass is 642 g/mol. The van der Waals surface area contributed by atoms with Gasteiger partial charge in [0, 0.05) is 11.9 Å². The number of aromatic nitrogens is 2. The van der Waals surface area contributed by atoms with Gasteiger partial charge in [-0.25, -0.2) is 4.79 Å². The quantitative estimate of drug-likeness (QED) is 0.274. The Balaban J connectivity index is 1.24. The molecule has 3 fully saturated rings. The highest BCUT2D eigenvalue weighted by atomic mass is 16.5. The van der Waals surface area contributed by atoms with Gasteiger partial charge in [-0.05, 0) is 78.4 Å². The zero-order valence-electron chi connectivity index (χ0n) is 28.5. The third-order valence-electron chi connectivity index (χ3n) is 10.7. The zero-order valence-corrected chi connectivity index (χ0v) is 28.5. The lowest BCUT2D eigenvalue weighted by atomic mass is 9.65. The van der Waals surface area contributed by atoms with Gasteiger partial charge in [0.15, 0.2) is 5.78 Å². The van der Waals surface area contributed by atoms with Gasteiger partial charge < -0.3 is 20.1 Å². The highest BCUT2D eigenvalue weighted by Gasteiger charge is 2.54. The minimum Gasteiger partial charge on any atom is -0.374 e. The standard InChI is InChI=1S/C38H50N4O5/c1-24-17-27(18-25(2)38(24)15-16-38)19-29(39-34-28-13-9-10-14-30(28)42(36(45)41-34)23-37(3,4)5)35(44)40-33-31(43)21-47-32(33)22-46-20-26-11-7-6-8-12-26/h6-14,24-25,27,29,32-33H,15-23H2,1-5H3,(H,40,44)(H,39,41,45). The number of amides is 1. The van der Waals surface area contributed by atoms with Crippen LogP contribution in [0.4, 0.5) is 5.82 Å². The molecule has 3 aromatic rings. The van der Waals surface area contributed by atoms with Crippen LogP contribution in [0.3, 0.4) is 0 Å². The summed E-state index contributed by atoms with van der Waals surface area (Å²) in [7, 11) is 0. The number of rotatable bonds is 11. The molecule has 2 aromatic carbocycles. The molecule has 1 aliphatic heterocycles. The van der Waals surface area contributed by atoms with Crippen LogP contribution in [0.1, 0.15) is 72.3 Å². The Labute approximate surface area is 277 Å². The van der Waals surface area contributed by atoms with Crippen LogP contribution in [0.2, 0.25) is 0 Å². The summed E-state index contributed by atoms with van der Waals surface area (Å²) in [5.74, 6) is 1.44. The molecule has 2 aliphatic carbocycles. The third kappa shape index (κ3) is 7.46. The molecule has 252 valence electrons. The molecule has 9 nitrogen and oxygen atoms in total. The van der Waals surface area contributed by atoms with Gasteiger partial charge in [0.1, 0.15) is 30.6 Å². The molecule has 1 aromatic heterocycles. The molecule has 3 aliphatic rings. The molecule has 9 heteroatoms. The van der Waals surface area contributed by atoms with Crippen molar-refractivity contribution in [2.24, 2.45) is 28.6 Å². The number of ketones is 1. The molecular formula is C38H50N4O5. The van der Waals surface area contributed by atoms with Crippen LogP contribution < -0.4 is 16.3 Å². The van der Waals surface area contributed by atoms with E-state index in [4.69, 9.17) is 9.47 Å². The number of anilines is 1. The number of hydrogen-bond donors (Lipinski definition) is 2. The first-order valence-electron chi connectivity index (χ1n) is 17.3. The summed E-state index contributed by atoms with van der Waals surface area (Å²) in [6.45, 7) is 12.0. The van der Waals surface area contributed by atoms with Crippen LogP contribution in [0.5, 0.6) is 0 Å². The Morgan fingerprint density at radius 2 is 1.72 bits per heavy atom. The van der Waals surface area contributed by atoms with Crippen molar-refractivity contribution in [1.29, 1.82) is 0 Å². The number of hydrogen-bond acceptors (Lipinski definition) is 7. The molecule has 1 amide bonds. The SMILES string of the molecule is CC1CC(CC(Nc2nc(=O)n(CC(C)(C)C)c3ccccc23)C(=O)NC2C(=O)COC2COCc2ccccc2)CC(C)C12CC2.